The Morgan fingerprint density at radius 1 is 1.30 bits per heavy atom. The van der Waals surface area contributed by atoms with Gasteiger partial charge < -0.3 is 20.3 Å². The van der Waals surface area contributed by atoms with Crippen molar-refractivity contribution in [2.75, 3.05) is 40.3 Å². The number of ether oxygens (including phenoxy) is 1. The van der Waals surface area contributed by atoms with E-state index in [1.165, 1.54) is 0 Å². The Morgan fingerprint density at radius 2 is 2.04 bits per heavy atom. The van der Waals surface area contributed by atoms with Crippen molar-refractivity contribution in [3.05, 3.63) is 29.3 Å². The molecule has 2 N–H and O–H groups in total. The van der Waals surface area contributed by atoms with Crippen molar-refractivity contribution in [1.29, 1.82) is 0 Å². The van der Waals surface area contributed by atoms with Gasteiger partial charge in [-0.3, -0.25) is 9.59 Å². The average molecular weight is 319 g/mol. The first kappa shape index (κ1) is 17.3. The van der Waals surface area contributed by atoms with E-state index in [-0.39, 0.29) is 24.2 Å². The minimum atomic E-state index is -0.357. The van der Waals surface area contributed by atoms with Gasteiger partial charge >= 0.3 is 0 Å². The van der Waals surface area contributed by atoms with Crippen molar-refractivity contribution in [3.63, 3.8) is 0 Å². The van der Waals surface area contributed by atoms with Gasteiger partial charge in [0.25, 0.3) is 0 Å². The molecular formula is C17H25N3O3. The number of methoxy groups -OCH3 is 1. The van der Waals surface area contributed by atoms with Gasteiger partial charge in [0, 0.05) is 31.7 Å². The smallest absolute Gasteiger partial charge is 0.227 e. The molecule has 0 spiro atoms. The van der Waals surface area contributed by atoms with Gasteiger partial charge in [-0.15, -0.1) is 0 Å². The molecule has 0 unspecified atom stereocenters. The third kappa shape index (κ3) is 4.45. The number of nitrogens with two attached hydrogens (primary N) is 1. The molecule has 1 aliphatic rings. The van der Waals surface area contributed by atoms with Crippen LogP contribution in [0.3, 0.4) is 0 Å². The van der Waals surface area contributed by atoms with E-state index >= 15 is 0 Å². The summed E-state index contributed by atoms with van der Waals surface area (Å²) in [6.07, 6.45) is 0.264. The molecule has 1 atom stereocenters. The zero-order valence-electron chi connectivity index (χ0n) is 14.0. The second-order valence-electron chi connectivity index (χ2n) is 6.19. The first-order valence-corrected chi connectivity index (χ1v) is 7.80. The quantitative estimate of drug-likeness (QED) is 0.873. The van der Waals surface area contributed by atoms with Gasteiger partial charge in [0.1, 0.15) is 5.75 Å². The van der Waals surface area contributed by atoms with E-state index in [0.717, 1.165) is 17.7 Å². The van der Waals surface area contributed by atoms with Crippen LogP contribution in [-0.4, -0.2) is 62.0 Å². The second kappa shape index (κ2) is 7.46. The summed E-state index contributed by atoms with van der Waals surface area (Å²) in [6.45, 7) is 4.30. The number of rotatable bonds is 4. The highest BCUT2D eigenvalue weighted by Crippen LogP contribution is 2.21. The van der Waals surface area contributed by atoms with Crippen LogP contribution < -0.4 is 10.5 Å². The summed E-state index contributed by atoms with van der Waals surface area (Å²) in [7, 11) is 3.54. The summed E-state index contributed by atoms with van der Waals surface area (Å²) in [5.41, 5.74) is 7.40. The molecule has 1 heterocycles. The number of carbonyl (C=O) groups is 2. The van der Waals surface area contributed by atoms with Gasteiger partial charge in [-0.1, -0.05) is 17.7 Å². The summed E-state index contributed by atoms with van der Waals surface area (Å²) < 4.78 is 5.34. The molecule has 1 aliphatic heterocycles. The molecule has 0 radical (unpaired) electrons. The van der Waals surface area contributed by atoms with Crippen LogP contribution in [0.15, 0.2) is 18.2 Å². The first-order chi connectivity index (χ1) is 10.9. The van der Waals surface area contributed by atoms with E-state index in [4.69, 9.17) is 10.5 Å². The van der Waals surface area contributed by atoms with E-state index in [1.54, 1.807) is 12.0 Å². The van der Waals surface area contributed by atoms with Crippen molar-refractivity contribution >= 4 is 11.8 Å². The van der Waals surface area contributed by atoms with E-state index < -0.39 is 0 Å². The Bertz CT molecular complexity index is 588. The zero-order valence-corrected chi connectivity index (χ0v) is 14.0. The van der Waals surface area contributed by atoms with Crippen LogP contribution in [0.5, 0.6) is 5.75 Å². The molecular weight excluding hydrogens is 294 g/mol. The zero-order chi connectivity index (χ0) is 17.0. The van der Waals surface area contributed by atoms with Crippen molar-refractivity contribution in [1.82, 2.24) is 9.80 Å². The van der Waals surface area contributed by atoms with Crippen LogP contribution in [0.1, 0.15) is 11.1 Å². The highest BCUT2D eigenvalue weighted by Gasteiger charge is 2.27. The van der Waals surface area contributed by atoms with Gasteiger partial charge in [0.2, 0.25) is 11.8 Å². The lowest BCUT2D eigenvalue weighted by Gasteiger charge is -2.23. The Kier molecular flexibility index (Phi) is 5.60. The summed E-state index contributed by atoms with van der Waals surface area (Å²) in [4.78, 5) is 28.0. The largest absolute Gasteiger partial charge is 0.496 e. The van der Waals surface area contributed by atoms with Crippen LogP contribution in [0.25, 0.3) is 0 Å². The van der Waals surface area contributed by atoms with Crippen LogP contribution in [-0.2, 0) is 16.0 Å². The standard InChI is InChI=1S/C17H25N3O3/c1-12-4-5-15(23-3)13(8-12)9-16(21)20-7-6-19(2)10-14(11-20)17(18)22/h4-5,8,14H,6-7,9-11H2,1-3H3,(H2,18,22)/t14-/m0/s1. The maximum absolute atomic E-state index is 12.7. The van der Waals surface area contributed by atoms with Crippen LogP contribution in [0.4, 0.5) is 0 Å². The molecule has 0 bridgehead atoms. The lowest BCUT2D eigenvalue weighted by Crippen LogP contribution is -2.40. The minimum Gasteiger partial charge on any atom is -0.496 e. The molecule has 0 saturated carbocycles. The number of carbonyl (C=O) groups excluding carboxylic acids is 2. The number of primary amides is 1. The van der Waals surface area contributed by atoms with Crippen LogP contribution in [0.2, 0.25) is 0 Å². The van der Waals surface area contributed by atoms with Crippen LogP contribution >= 0.6 is 0 Å². The normalized spacial score (nSPS) is 19.3. The van der Waals surface area contributed by atoms with Gasteiger partial charge in [-0.25, -0.2) is 0 Å². The number of aryl methyl sites for hydroxylation is 1. The summed E-state index contributed by atoms with van der Waals surface area (Å²) in [6, 6.07) is 5.80. The summed E-state index contributed by atoms with van der Waals surface area (Å²) >= 11 is 0. The van der Waals surface area contributed by atoms with Crippen molar-refractivity contribution in [3.8, 4) is 5.75 Å². The predicted molar refractivity (Wildman–Crippen MR) is 88.2 cm³/mol. The molecule has 1 fully saturated rings. The van der Waals surface area contributed by atoms with Crippen molar-refractivity contribution < 1.29 is 14.3 Å². The Hall–Kier alpha value is -2.08. The Morgan fingerprint density at radius 3 is 2.70 bits per heavy atom. The number of nitrogens with zero attached hydrogens (tertiary/aromatic N) is 2. The third-order valence-corrected chi connectivity index (χ3v) is 4.26. The van der Waals surface area contributed by atoms with Gasteiger partial charge in [0.15, 0.2) is 0 Å². The molecule has 2 rings (SSSR count). The summed E-state index contributed by atoms with van der Waals surface area (Å²) in [5, 5.41) is 0. The maximum Gasteiger partial charge on any atom is 0.227 e. The monoisotopic (exact) mass is 319 g/mol. The average Bonchev–Trinajstić information content (AvgIpc) is 2.69. The maximum atomic E-state index is 12.7. The molecule has 6 heteroatoms. The van der Waals surface area contributed by atoms with Gasteiger partial charge in [0.05, 0.1) is 19.4 Å². The fourth-order valence-corrected chi connectivity index (χ4v) is 2.90. The van der Waals surface area contributed by atoms with E-state index in [0.29, 0.717) is 25.4 Å². The number of amides is 2. The molecule has 6 nitrogen and oxygen atoms in total. The fourth-order valence-electron chi connectivity index (χ4n) is 2.90. The lowest BCUT2D eigenvalue weighted by atomic mass is 10.1. The highest BCUT2D eigenvalue weighted by atomic mass is 16.5. The molecule has 1 saturated heterocycles. The number of likely N-dealkylation sites (N-methyl/N-ethyl adjacent to an activating group) is 1. The second-order valence-corrected chi connectivity index (χ2v) is 6.19. The number of benzene rings is 1. The van der Waals surface area contributed by atoms with E-state index in [9.17, 15) is 9.59 Å². The van der Waals surface area contributed by atoms with E-state index in [1.807, 2.05) is 37.1 Å². The first-order valence-electron chi connectivity index (χ1n) is 7.80. The highest BCUT2D eigenvalue weighted by molar-refractivity contribution is 5.82. The van der Waals surface area contributed by atoms with Crippen molar-refractivity contribution in [2.24, 2.45) is 11.7 Å². The molecule has 1 aromatic carbocycles. The van der Waals surface area contributed by atoms with Crippen molar-refractivity contribution in [2.45, 2.75) is 13.3 Å². The topological polar surface area (TPSA) is 75.9 Å². The summed E-state index contributed by atoms with van der Waals surface area (Å²) in [5.74, 6) is 0.0216. The molecule has 2 amide bonds. The molecule has 126 valence electrons. The molecule has 0 aromatic heterocycles. The van der Waals surface area contributed by atoms with Gasteiger partial charge in [-0.05, 0) is 20.0 Å². The number of hydrogen-bond acceptors (Lipinski definition) is 4. The Balaban J connectivity index is 2.13. The Labute approximate surface area is 137 Å². The number of hydrogen-bond donors (Lipinski definition) is 1. The van der Waals surface area contributed by atoms with E-state index in [2.05, 4.69) is 0 Å². The third-order valence-electron chi connectivity index (χ3n) is 4.26. The molecule has 0 aliphatic carbocycles. The lowest BCUT2D eigenvalue weighted by molar-refractivity contribution is -0.131. The van der Waals surface area contributed by atoms with Crippen LogP contribution in [0, 0.1) is 12.8 Å². The van der Waals surface area contributed by atoms with Gasteiger partial charge in [-0.2, -0.15) is 0 Å². The molecule has 23 heavy (non-hydrogen) atoms. The minimum absolute atomic E-state index is 0.00421. The fraction of sp³-hybridized carbons (Fsp3) is 0.529. The molecule has 1 aromatic rings. The SMILES string of the molecule is COc1ccc(C)cc1CC(=O)N1CCN(C)C[C@H](C(N)=O)C1. The predicted octanol–water partition coefficient (Wildman–Crippen LogP) is 0.422.